The second-order valence-electron chi connectivity index (χ2n) is 10.3. The van der Waals surface area contributed by atoms with Crippen LogP contribution in [0.5, 0.6) is 0 Å². The molecule has 6 rings (SSSR count). The van der Waals surface area contributed by atoms with Crippen molar-refractivity contribution in [3.8, 4) is 0 Å². The summed E-state index contributed by atoms with van der Waals surface area (Å²) in [6.07, 6.45) is 14.7. The highest BCUT2D eigenvalue weighted by atomic mass is 31.2. The van der Waals surface area contributed by atoms with E-state index in [0.29, 0.717) is 0 Å². The van der Waals surface area contributed by atoms with Crippen LogP contribution < -0.4 is 10.6 Å². The molecule has 0 aromatic heterocycles. The summed E-state index contributed by atoms with van der Waals surface area (Å²) >= 11 is 0. The Balaban J connectivity index is 1.47. The molecule has 170 valence electrons. The maximum Gasteiger partial charge on any atom is 0.0481 e. The molecule has 2 aromatic rings. The highest BCUT2D eigenvalue weighted by Gasteiger charge is 2.55. The van der Waals surface area contributed by atoms with Crippen molar-refractivity contribution in [2.75, 3.05) is 13.1 Å². The molecular weight excluding hydrogens is 426 g/mol. The predicted octanol–water partition coefficient (Wildman–Crippen LogP) is 6.88. The van der Waals surface area contributed by atoms with E-state index in [1.54, 1.807) is 10.6 Å². The summed E-state index contributed by atoms with van der Waals surface area (Å²) in [6.45, 7) is 2.54. The molecule has 0 bridgehead atoms. The van der Waals surface area contributed by atoms with Gasteiger partial charge in [0.05, 0.1) is 0 Å². The van der Waals surface area contributed by atoms with E-state index in [2.05, 4.69) is 70.2 Å². The third-order valence-corrected chi connectivity index (χ3v) is 15.2. The first kappa shape index (κ1) is 21.7. The van der Waals surface area contributed by atoms with E-state index >= 15 is 0 Å². The minimum absolute atomic E-state index is 0.133. The minimum atomic E-state index is -0.513. The minimum Gasteiger partial charge on any atom is -0.234 e. The Morgan fingerprint density at radius 2 is 1.09 bits per heavy atom. The SMILES string of the molecule is c1ccc(P(c2ccccc2)N(N2CCCC2)P2C3CCCCC3C3CCCCC32)cc1. The van der Waals surface area contributed by atoms with Gasteiger partial charge in [-0.2, -0.15) is 4.55 Å². The first-order valence-corrected chi connectivity index (χ1v) is 15.9. The molecule has 4 unspecified atom stereocenters. The number of hydrogen-bond donors (Lipinski definition) is 0. The van der Waals surface area contributed by atoms with E-state index in [1.807, 2.05) is 0 Å². The summed E-state index contributed by atoms with van der Waals surface area (Å²) in [7, 11) is -0.646. The van der Waals surface area contributed by atoms with Crippen molar-refractivity contribution >= 4 is 26.8 Å². The number of hydrogen-bond acceptors (Lipinski definition) is 2. The van der Waals surface area contributed by atoms with Crippen LogP contribution >= 0.6 is 16.1 Å². The summed E-state index contributed by atoms with van der Waals surface area (Å²) in [6, 6.07) is 23.1. The smallest absolute Gasteiger partial charge is 0.0481 e. The van der Waals surface area contributed by atoms with Crippen molar-refractivity contribution in [2.45, 2.75) is 75.5 Å². The Morgan fingerprint density at radius 3 is 1.59 bits per heavy atom. The monoisotopic (exact) mass is 464 g/mol. The van der Waals surface area contributed by atoms with Crippen LogP contribution in [0.4, 0.5) is 0 Å². The first-order valence-electron chi connectivity index (χ1n) is 13.2. The molecule has 4 aliphatic rings. The van der Waals surface area contributed by atoms with E-state index in [1.165, 1.54) is 77.3 Å². The van der Waals surface area contributed by atoms with Crippen molar-refractivity contribution in [1.82, 2.24) is 9.56 Å². The van der Waals surface area contributed by atoms with Crippen molar-refractivity contribution in [2.24, 2.45) is 11.8 Å². The second-order valence-corrected chi connectivity index (χ2v) is 15.1. The largest absolute Gasteiger partial charge is 0.234 e. The predicted molar refractivity (Wildman–Crippen MR) is 140 cm³/mol. The number of rotatable bonds is 5. The third kappa shape index (κ3) is 4.01. The number of benzene rings is 2. The van der Waals surface area contributed by atoms with Crippen molar-refractivity contribution in [3.05, 3.63) is 60.7 Å². The zero-order valence-corrected chi connectivity index (χ0v) is 21.1. The van der Waals surface area contributed by atoms with Crippen LogP contribution in [0.25, 0.3) is 0 Å². The molecular formula is C28H38N2P2. The molecule has 4 fully saturated rings. The molecule has 2 nitrogen and oxygen atoms in total. The van der Waals surface area contributed by atoms with Crippen LogP contribution in [0, 0.1) is 11.8 Å². The van der Waals surface area contributed by atoms with Crippen LogP contribution in [0.15, 0.2) is 60.7 Å². The van der Waals surface area contributed by atoms with Gasteiger partial charge in [0.2, 0.25) is 0 Å². The average Bonchev–Trinajstić information content (AvgIpc) is 3.51. The van der Waals surface area contributed by atoms with E-state index < -0.39 is 8.07 Å². The van der Waals surface area contributed by atoms with Gasteiger partial charge in [-0.1, -0.05) is 86.3 Å². The lowest BCUT2D eigenvalue weighted by molar-refractivity contribution is 0.189. The molecule has 32 heavy (non-hydrogen) atoms. The summed E-state index contributed by atoms with van der Waals surface area (Å²) < 4.78 is 3.11. The van der Waals surface area contributed by atoms with Gasteiger partial charge in [-0.25, -0.2) is 5.01 Å². The lowest BCUT2D eigenvalue weighted by Gasteiger charge is -2.47. The third-order valence-electron chi connectivity index (χ3n) is 8.52. The summed E-state index contributed by atoms with van der Waals surface area (Å²) in [4.78, 5) is 0. The van der Waals surface area contributed by atoms with Crippen molar-refractivity contribution < 1.29 is 0 Å². The summed E-state index contributed by atoms with van der Waals surface area (Å²) in [5.74, 6) is 2.04. The van der Waals surface area contributed by atoms with Gasteiger partial charge in [0.25, 0.3) is 0 Å². The quantitative estimate of drug-likeness (QED) is 0.445. The number of hydrazine groups is 1. The Hall–Kier alpha value is -0.780. The first-order chi connectivity index (χ1) is 15.9. The molecule has 0 amide bonds. The van der Waals surface area contributed by atoms with Crippen LogP contribution in [-0.2, 0) is 0 Å². The van der Waals surface area contributed by atoms with E-state index in [9.17, 15) is 0 Å². The van der Waals surface area contributed by atoms with Gasteiger partial charge in [0.1, 0.15) is 0 Å². The average molecular weight is 465 g/mol. The number of nitrogens with zero attached hydrogens (tertiary/aromatic N) is 2. The molecule has 2 saturated carbocycles. The lowest BCUT2D eigenvalue weighted by atomic mass is 9.73. The van der Waals surface area contributed by atoms with Crippen molar-refractivity contribution in [1.29, 1.82) is 0 Å². The second kappa shape index (κ2) is 9.84. The van der Waals surface area contributed by atoms with Gasteiger partial charge in [-0.05, 0) is 80.4 Å². The zero-order valence-electron chi connectivity index (χ0n) is 19.4. The Kier molecular flexibility index (Phi) is 6.68. The fourth-order valence-corrected chi connectivity index (χ4v) is 15.4. The fourth-order valence-electron chi connectivity index (χ4n) is 7.20. The topological polar surface area (TPSA) is 6.48 Å². The Morgan fingerprint density at radius 1 is 0.625 bits per heavy atom. The summed E-state index contributed by atoms with van der Waals surface area (Å²) in [5.41, 5.74) is 1.95. The summed E-state index contributed by atoms with van der Waals surface area (Å²) in [5, 5.41) is 5.96. The molecule has 2 saturated heterocycles. The molecule has 4 atom stereocenters. The van der Waals surface area contributed by atoms with Crippen LogP contribution in [0.1, 0.15) is 64.2 Å². The van der Waals surface area contributed by atoms with Gasteiger partial charge in [-0.15, -0.1) is 0 Å². The molecule has 0 radical (unpaired) electrons. The zero-order chi connectivity index (χ0) is 21.3. The van der Waals surface area contributed by atoms with Gasteiger partial charge in [0, 0.05) is 21.2 Å². The maximum atomic E-state index is 3.11. The Bertz CT molecular complexity index is 808. The van der Waals surface area contributed by atoms with Gasteiger partial charge in [-0.3, -0.25) is 0 Å². The van der Waals surface area contributed by atoms with Crippen molar-refractivity contribution in [3.63, 3.8) is 0 Å². The normalized spacial score (nSPS) is 32.9. The number of fused-ring (bicyclic) bond motifs is 3. The molecule has 2 aliphatic carbocycles. The van der Waals surface area contributed by atoms with E-state index in [4.69, 9.17) is 0 Å². The molecule has 2 aromatic carbocycles. The molecule has 0 spiro atoms. The van der Waals surface area contributed by atoms with Gasteiger partial charge in [0.15, 0.2) is 0 Å². The van der Waals surface area contributed by atoms with E-state index in [0.717, 1.165) is 23.2 Å². The fraction of sp³-hybridized carbons (Fsp3) is 0.571. The molecule has 0 N–H and O–H groups in total. The molecule has 4 heteroatoms. The standard InChI is InChI=1S/C28H38N2P2/c1-3-13-23(14-4-1)31(24-15-5-2-6-16-24)30(29-21-11-12-22-29)32-27-19-9-7-17-25(27)26-18-8-10-20-28(26)32/h1-6,13-16,25-28H,7-12,17-22H2. The van der Waals surface area contributed by atoms with Crippen LogP contribution in [0.2, 0.25) is 0 Å². The van der Waals surface area contributed by atoms with Crippen LogP contribution in [-0.4, -0.2) is 34.0 Å². The van der Waals surface area contributed by atoms with Gasteiger partial charge < -0.3 is 0 Å². The lowest BCUT2D eigenvalue weighted by Crippen LogP contribution is -2.41. The van der Waals surface area contributed by atoms with E-state index in [-0.39, 0.29) is 8.07 Å². The van der Waals surface area contributed by atoms with Gasteiger partial charge >= 0.3 is 0 Å². The van der Waals surface area contributed by atoms with Crippen LogP contribution in [0.3, 0.4) is 0 Å². The molecule has 2 aliphatic heterocycles. The maximum absolute atomic E-state index is 3.11. The highest BCUT2D eigenvalue weighted by Crippen LogP contribution is 2.73. The Labute approximate surface area is 197 Å². The molecule has 2 heterocycles. The highest BCUT2D eigenvalue weighted by molar-refractivity contribution is 7.79.